The highest BCUT2D eigenvalue weighted by Crippen LogP contribution is 2.28. The van der Waals surface area contributed by atoms with Gasteiger partial charge in [0.15, 0.2) is 5.84 Å². The molecular weight excluding hydrogens is 524 g/mol. The lowest BCUT2D eigenvalue weighted by Gasteiger charge is -2.26. The van der Waals surface area contributed by atoms with E-state index < -0.39 is 17.5 Å². The molecule has 1 atom stereocenters. The van der Waals surface area contributed by atoms with Crippen molar-refractivity contribution in [3.05, 3.63) is 64.7 Å². The van der Waals surface area contributed by atoms with Crippen molar-refractivity contribution in [3.8, 4) is 17.6 Å². The second-order valence-corrected chi connectivity index (χ2v) is 10.7. The number of urea groups is 1. The number of amides is 4. The molecule has 0 unspecified atom stereocenters. The van der Waals surface area contributed by atoms with Crippen LogP contribution in [0.5, 0.6) is 5.75 Å². The maximum atomic E-state index is 13.1. The molecule has 214 valence electrons. The zero-order valence-electron chi connectivity index (χ0n) is 23.4. The summed E-state index contributed by atoms with van der Waals surface area (Å²) in [6.07, 6.45) is 0.967. The first-order chi connectivity index (χ1) is 19.7. The maximum Gasteiger partial charge on any atom is 0.323 e. The lowest BCUT2D eigenvalue weighted by molar-refractivity contribution is -0.122. The van der Waals surface area contributed by atoms with E-state index in [1.807, 2.05) is 18.2 Å². The zero-order chi connectivity index (χ0) is 29.1. The third-order valence-corrected chi connectivity index (χ3v) is 7.78. The van der Waals surface area contributed by atoms with E-state index in [-0.39, 0.29) is 19.0 Å². The molecule has 0 saturated carbocycles. The Balaban J connectivity index is 1.34. The standard InChI is InChI=1S/C30H34N6O5/c1-20(2)34-13-4-14-35(16-15-34)26(33-40)22-7-5-21(6-8-22)11-12-30(28(38)31-29(39)32-30)19-36-18-23-9-10-24(41-3)17-25(23)27(36)37/h5-10,17,20,40H,4,13-16,18-19H2,1-3H3,(H2,31,32,38,39)/b33-26-/t30-/m1/s1. The third kappa shape index (κ3) is 5.69. The molecule has 3 N–H and O–H groups in total. The largest absolute Gasteiger partial charge is 0.497 e. The van der Waals surface area contributed by atoms with E-state index in [4.69, 9.17) is 4.74 Å². The van der Waals surface area contributed by atoms with Gasteiger partial charge < -0.3 is 25.1 Å². The van der Waals surface area contributed by atoms with Gasteiger partial charge in [-0.25, -0.2) is 4.79 Å². The van der Waals surface area contributed by atoms with Crippen molar-refractivity contribution >= 4 is 23.7 Å². The molecule has 11 nitrogen and oxygen atoms in total. The molecule has 3 aliphatic rings. The van der Waals surface area contributed by atoms with Gasteiger partial charge >= 0.3 is 6.03 Å². The number of oxime groups is 1. The number of nitrogens with one attached hydrogen (secondary N) is 2. The molecule has 11 heteroatoms. The maximum absolute atomic E-state index is 13.1. The summed E-state index contributed by atoms with van der Waals surface area (Å²) in [5.74, 6) is 6.11. The number of rotatable bonds is 5. The van der Waals surface area contributed by atoms with Crippen molar-refractivity contribution in [2.75, 3.05) is 39.8 Å². The summed E-state index contributed by atoms with van der Waals surface area (Å²) in [5, 5.41) is 18.3. The highest BCUT2D eigenvalue weighted by molar-refractivity contribution is 6.10. The Kier molecular flexibility index (Phi) is 7.85. The number of carbonyl (C=O) groups is 3. The SMILES string of the molecule is COc1ccc2c(c1)C(=O)N(C[C@@]1(C#Cc3ccc(/C(=N/O)N4CCCN(C(C)C)CC4)cc3)NC(=O)NC1=O)C2. The molecule has 41 heavy (non-hydrogen) atoms. The molecule has 3 heterocycles. The topological polar surface area (TPSA) is 127 Å². The van der Waals surface area contributed by atoms with E-state index in [1.54, 1.807) is 24.3 Å². The summed E-state index contributed by atoms with van der Waals surface area (Å²) in [7, 11) is 1.53. The van der Waals surface area contributed by atoms with Crippen LogP contribution in [0.3, 0.4) is 0 Å². The van der Waals surface area contributed by atoms with Gasteiger partial charge in [0.05, 0.1) is 13.7 Å². The quantitative estimate of drug-likeness (QED) is 0.128. The monoisotopic (exact) mass is 558 g/mol. The van der Waals surface area contributed by atoms with Crippen LogP contribution in [0.15, 0.2) is 47.6 Å². The molecule has 0 spiro atoms. The van der Waals surface area contributed by atoms with Crippen molar-refractivity contribution in [1.82, 2.24) is 25.3 Å². The second-order valence-electron chi connectivity index (χ2n) is 10.7. The highest BCUT2D eigenvalue weighted by atomic mass is 16.5. The smallest absolute Gasteiger partial charge is 0.323 e. The summed E-state index contributed by atoms with van der Waals surface area (Å²) in [5.41, 5.74) is 1.04. The summed E-state index contributed by atoms with van der Waals surface area (Å²) in [4.78, 5) is 44.2. The number of carbonyl (C=O) groups excluding carboxylic acids is 3. The fourth-order valence-electron chi connectivity index (χ4n) is 5.46. The van der Waals surface area contributed by atoms with Crippen LogP contribution < -0.4 is 15.4 Å². The fourth-order valence-corrected chi connectivity index (χ4v) is 5.46. The number of imide groups is 1. The first kappa shape index (κ1) is 28.0. The van der Waals surface area contributed by atoms with Crippen LogP contribution in [-0.4, -0.2) is 95.0 Å². The van der Waals surface area contributed by atoms with Crippen molar-refractivity contribution in [2.24, 2.45) is 5.16 Å². The average Bonchev–Trinajstić information content (AvgIpc) is 3.28. The summed E-state index contributed by atoms with van der Waals surface area (Å²) < 4.78 is 5.24. The lowest BCUT2D eigenvalue weighted by atomic mass is 9.99. The molecule has 2 fully saturated rings. The van der Waals surface area contributed by atoms with Gasteiger partial charge in [0.25, 0.3) is 11.8 Å². The normalized spacial score (nSPS) is 21.3. The van der Waals surface area contributed by atoms with E-state index in [9.17, 15) is 19.6 Å². The molecule has 3 aliphatic heterocycles. The number of fused-ring (bicyclic) bond motifs is 1. The Morgan fingerprint density at radius 3 is 2.54 bits per heavy atom. The summed E-state index contributed by atoms with van der Waals surface area (Å²) in [6.45, 7) is 7.95. The number of hydrogen-bond acceptors (Lipinski definition) is 7. The predicted octanol–water partition coefficient (Wildman–Crippen LogP) is 1.83. The van der Waals surface area contributed by atoms with Gasteiger partial charge in [-0.3, -0.25) is 19.8 Å². The van der Waals surface area contributed by atoms with Crippen molar-refractivity contribution in [3.63, 3.8) is 0 Å². The molecule has 0 aliphatic carbocycles. The van der Waals surface area contributed by atoms with Gasteiger partial charge in [0.1, 0.15) is 5.75 Å². The summed E-state index contributed by atoms with van der Waals surface area (Å²) in [6, 6.07) is 12.2. The highest BCUT2D eigenvalue weighted by Gasteiger charge is 2.48. The lowest BCUT2D eigenvalue weighted by Crippen LogP contribution is -2.54. The summed E-state index contributed by atoms with van der Waals surface area (Å²) >= 11 is 0. The van der Waals surface area contributed by atoms with E-state index in [0.29, 0.717) is 28.8 Å². The minimum atomic E-state index is -1.61. The molecule has 5 rings (SSSR count). The van der Waals surface area contributed by atoms with Crippen LogP contribution >= 0.6 is 0 Å². The number of ether oxygens (including phenoxy) is 1. The Morgan fingerprint density at radius 1 is 1.10 bits per heavy atom. The molecule has 2 saturated heterocycles. The molecule has 0 bridgehead atoms. The van der Waals surface area contributed by atoms with Crippen molar-refractivity contribution in [1.29, 1.82) is 0 Å². The van der Waals surface area contributed by atoms with Crippen molar-refractivity contribution in [2.45, 2.75) is 38.4 Å². The zero-order valence-corrected chi connectivity index (χ0v) is 23.4. The van der Waals surface area contributed by atoms with Gasteiger partial charge in [0, 0.05) is 55.5 Å². The van der Waals surface area contributed by atoms with Crippen LogP contribution in [0, 0.1) is 11.8 Å². The minimum Gasteiger partial charge on any atom is -0.497 e. The van der Waals surface area contributed by atoms with Crippen LogP contribution in [0.1, 0.15) is 47.3 Å². The Labute approximate surface area is 239 Å². The average molecular weight is 559 g/mol. The van der Waals surface area contributed by atoms with Crippen LogP contribution in [-0.2, 0) is 11.3 Å². The number of hydrogen-bond donors (Lipinski definition) is 3. The Bertz CT molecular complexity index is 1440. The van der Waals surface area contributed by atoms with E-state index >= 15 is 0 Å². The number of amidine groups is 1. The van der Waals surface area contributed by atoms with E-state index in [1.165, 1.54) is 12.0 Å². The van der Waals surface area contributed by atoms with E-state index in [0.717, 1.165) is 43.7 Å². The number of nitrogens with zero attached hydrogens (tertiary/aromatic N) is 4. The van der Waals surface area contributed by atoms with Crippen LogP contribution in [0.2, 0.25) is 0 Å². The van der Waals surface area contributed by atoms with Gasteiger partial charge in [0.2, 0.25) is 5.54 Å². The first-order valence-electron chi connectivity index (χ1n) is 13.7. The van der Waals surface area contributed by atoms with Crippen molar-refractivity contribution < 1.29 is 24.3 Å². The molecule has 2 aromatic carbocycles. The number of benzene rings is 2. The van der Waals surface area contributed by atoms with Gasteiger partial charge in [-0.2, -0.15) is 0 Å². The van der Waals surface area contributed by atoms with Crippen LogP contribution in [0.25, 0.3) is 0 Å². The second kappa shape index (κ2) is 11.5. The molecule has 0 aromatic heterocycles. The van der Waals surface area contributed by atoms with Gasteiger partial charge in [-0.05, 0) is 62.2 Å². The minimum absolute atomic E-state index is 0.116. The molecule has 4 amide bonds. The fraction of sp³-hybridized carbons (Fsp3) is 0.400. The molecule has 0 radical (unpaired) electrons. The van der Waals surface area contributed by atoms with Crippen LogP contribution in [0.4, 0.5) is 4.79 Å². The van der Waals surface area contributed by atoms with E-state index in [2.05, 4.69) is 51.3 Å². The molecule has 2 aromatic rings. The first-order valence-corrected chi connectivity index (χ1v) is 13.7. The predicted molar refractivity (Wildman–Crippen MR) is 152 cm³/mol. The third-order valence-electron chi connectivity index (χ3n) is 7.78. The van der Waals surface area contributed by atoms with Gasteiger partial charge in [-0.1, -0.05) is 23.1 Å². The molecular formula is C30H34N6O5. The Hall–Kier alpha value is -4.56. The number of methoxy groups -OCH3 is 1. The van der Waals surface area contributed by atoms with Gasteiger partial charge in [-0.15, -0.1) is 0 Å². The Morgan fingerprint density at radius 2 is 1.88 bits per heavy atom.